The first-order valence-electron chi connectivity index (χ1n) is 6.06. The van der Waals surface area contributed by atoms with Gasteiger partial charge in [0.25, 0.3) is 0 Å². The standard InChI is InChI=1S/C15H13NO.2C2H2/c16-14-9-5-4-6-12(14)10-11-15(17)13-7-2-1-3-8-13;2*1-2/h1-11H,16H2;2*1-2H. The van der Waals surface area contributed by atoms with Crippen LogP contribution in [0.25, 0.3) is 6.08 Å². The second kappa shape index (κ2) is 10.7. The molecule has 104 valence electrons. The van der Waals surface area contributed by atoms with Crippen molar-refractivity contribution < 1.29 is 4.79 Å². The van der Waals surface area contributed by atoms with Crippen molar-refractivity contribution in [3.63, 3.8) is 0 Å². The van der Waals surface area contributed by atoms with Gasteiger partial charge in [0.2, 0.25) is 0 Å². The van der Waals surface area contributed by atoms with Gasteiger partial charge in [-0.3, -0.25) is 4.79 Å². The fourth-order valence-electron chi connectivity index (χ4n) is 1.53. The Morgan fingerprint density at radius 1 is 0.857 bits per heavy atom. The van der Waals surface area contributed by atoms with Crippen LogP contribution in [0.4, 0.5) is 5.69 Å². The molecule has 0 radical (unpaired) electrons. The number of terminal acetylenes is 2. The van der Waals surface area contributed by atoms with Gasteiger partial charge in [-0.25, -0.2) is 0 Å². The van der Waals surface area contributed by atoms with Gasteiger partial charge in [-0.15, -0.1) is 25.7 Å². The lowest BCUT2D eigenvalue weighted by molar-refractivity contribution is 0.104. The number of carbonyl (C=O) groups excluding carboxylic acids is 1. The molecule has 2 rings (SSSR count). The summed E-state index contributed by atoms with van der Waals surface area (Å²) in [6.07, 6.45) is 19.3. The van der Waals surface area contributed by atoms with E-state index < -0.39 is 0 Å². The molecule has 0 unspecified atom stereocenters. The second-order valence-corrected chi connectivity index (χ2v) is 3.69. The second-order valence-electron chi connectivity index (χ2n) is 3.69. The van der Waals surface area contributed by atoms with Gasteiger partial charge in [-0.1, -0.05) is 48.5 Å². The van der Waals surface area contributed by atoms with Crippen LogP contribution in [0.1, 0.15) is 15.9 Å². The van der Waals surface area contributed by atoms with Crippen molar-refractivity contribution in [3.8, 4) is 25.7 Å². The number of benzene rings is 2. The lowest BCUT2D eigenvalue weighted by Crippen LogP contribution is -1.93. The third-order valence-electron chi connectivity index (χ3n) is 2.47. The van der Waals surface area contributed by atoms with E-state index in [1.54, 1.807) is 24.3 Å². The molecule has 2 nitrogen and oxygen atoms in total. The molecular formula is C19H17NO. The molecule has 2 aromatic rings. The van der Waals surface area contributed by atoms with Gasteiger partial charge in [-0.05, 0) is 23.8 Å². The van der Waals surface area contributed by atoms with Crippen LogP contribution in [0.15, 0.2) is 60.7 Å². The van der Waals surface area contributed by atoms with Crippen molar-refractivity contribution >= 4 is 17.5 Å². The lowest BCUT2D eigenvalue weighted by Gasteiger charge is -1.98. The monoisotopic (exact) mass is 275 g/mol. The van der Waals surface area contributed by atoms with Crippen molar-refractivity contribution in [3.05, 3.63) is 71.8 Å². The van der Waals surface area contributed by atoms with E-state index in [4.69, 9.17) is 5.73 Å². The van der Waals surface area contributed by atoms with E-state index in [0.29, 0.717) is 11.3 Å². The van der Waals surface area contributed by atoms with Crippen LogP contribution >= 0.6 is 0 Å². The zero-order valence-corrected chi connectivity index (χ0v) is 11.6. The third kappa shape index (κ3) is 5.96. The van der Waals surface area contributed by atoms with Gasteiger partial charge in [-0.2, -0.15) is 0 Å². The number of anilines is 1. The minimum absolute atomic E-state index is 0.0196. The molecule has 2 heteroatoms. The number of nitrogen functional groups attached to an aromatic ring is 1. The Morgan fingerprint density at radius 3 is 1.95 bits per heavy atom. The maximum absolute atomic E-state index is 11.8. The summed E-state index contributed by atoms with van der Waals surface area (Å²) in [5.41, 5.74) is 7.99. The van der Waals surface area contributed by atoms with Gasteiger partial charge in [0.1, 0.15) is 0 Å². The zero-order valence-electron chi connectivity index (χ0n) is 11.6. The highest BCUT2D eigenvalue weighted by Crippen LogP contribution is 2.12. The molecular weight excluding hydrogens is 258 g/mol. The summed E-state index contributed by atoms with van der Waals surface area (Å²) in [6.45, 7) is 0. The normalized spacial score (nSPS) is 8.76. The lowest BCUT2D eigenvalue weighted by atomic mass is 10.1. The van der Waals surface area contributed by atoms with Crippen LogP contribution in [0, 0.1) is 25.7 Å². The van der Waals surface area contributed by atoms with Gasteiger partial charge >= 0.3 is 0 Å². The predicted molar refractivity (Wildman–Crippen MR) is 90.4 cm³/mol. The van der Waals surface area contributed by atoms with E-state index in [2.05, 4.69) is 25.7 Å². The summed E-state index contributed by atoms with van der Waals surface area (Å²) in [5, 5.41) is 0. The Morgan fingerprint density at radius 2 is 1.38 bits per heavy atom. The summed E-state index contributed by atoms with van der Waals surface area (Å²) in [6, 6.07) is 16.6. The molecule has 2 N–H and O–H groups in total. The van der Waals surface area contributed by atoms with E-state index in [0.717, 1.165) is 5.56 Å². The molecule has 0 aliphatic heterocycles. The molecule has 0 fully saturated rings. The van der Waals surface area contributed by atoms with E-state index >= 15 is 0 Å². The number of allylic oxidation sites excluding steroid dienone is 1. The number of nitrogens with two attached hydrogens (primary N) is 1. The molecule has 0 saturated heterocycles. The van der Waals surface area contributed by atoms with Gasteiger partial charge in [0.05, 0.1) is 0 Å². The Labute approximate surface area is 126 Å². The number of rotatable bonds is 3. The van der Waals surface area contributed by atoms with Crippen LogP contribution in [0.3, 0.4) is 0 Å². The van der Waals surface area contributed by atoms with Gasteiger partial charge < -0.3 is 5.73 Å². The third-order valence-corrected chi connectivity index (χ3v) is 2.47. The van der Waals surface area contributed by atoms with E-state index in [1.165, 1.54) is 0 Å². The van der Waals surface area contributed by atoms with Crippen LogP contribution in [-0.2, 0) is 0 Å². The summed E-state index contributed by atoms with van der Waals surface area (Å²) in [5.74, 6) is -0.0196. The molecule has 0 atom stereocenters. The molecule has 0 saturated carbocycles. The van der Waals surface area contributed by atoms with Crippen LogP contribution in [0.5, 0.6) is 0 Å². The Balaban J connectivity index is 0.000000921. The summed E-state index contributed by atoms with van der Waals surface area (Å²) >= 11 is 0. The summed E-state index contributed by atoms with van der Waals surface area (Å²) in [4.78, 5) is 11.8. The Hall–Kier alpha value is -3.23. The number of hydrogen-bond acceptors (Lipinski definition) is 2. The Kier molecular flexibility index (Phi) is 9.03. The first kappa shape index (κ1) is 17.8. The molecule has 2 aromatic carbocycles. The van der Waals surface area contributed by atoms with E-state index in [9.17, 15) is 4.79 Å². The highest BCUT2D eigenvalue weighted by Gasteiger charge is 2.00. The van der Waals surface area contributed by atoms with Crippen molar-refractivity contribution in [2.45, 2.75) is 0 Å². The smallest absolute Gasteiger partial charge is 0.185 e. The number of para-hydroxylation sites is 1. The predicted octanol–water partition coefficient (Wildman–Crippen LogP) is 3.66. The minimum atomic E-state index is -0.0196. The molecule has 0 heterocycles. The van der Waals surface area contributed by atoms with E-state index in [1.807, 2.05) is 42.5 Å². The highest BCUT2D eigenvalue weighted by molar-refractivity contribution is 6.07. The van der Waals surface area contributed by atoms with Gasteiger partial charge in [0, 0.05) is 11.3 Å². The van der Waals surface area contributed by atoms with E-state index in [-0.39, 0.29) is 5.78 Å². The van der Waals surface area contributed by atoms with Gasteiger partial charge in [0.15, 0.2) is 5.78 Å². The molecule has 0 amide bonds. The van der Waals surface area contributed by atoms with Crippen LogP contribution < -0.4 is 5.73 Å². The number of hydrogen-bond donors (Lipinski definition) is 1. The molecule has 0 aliphatic rings. The largest absolute Gasteiger partial charge is 0.398 e. The average molecular weight is 275 g/mol. The quantitative estimate of drug-likeness (QED) is 0.402. The first-order valence-corrected chi connectivity index (χ1v) is 6.06. The maximum Gasteiger partial charge on any atom is 0.185 e. The molecule has 0 aromatic heterocycles. The fraction of sp³-hybridized carbons (Fsp3) is 0. The molecule has 0 spiro atoms. The van der Waals surface area contributed by atoms with Crippen LogP contribution in [-0.4, -0.2) is 5.78 Å². The van der Waals surface area contributed by atoms with Crippen molar-refractivity contribution in [2.24, 2.45) is 0 Å². The summed E-state index contributed by atoms with van der Waals surface area (Å²) in [7, 11) is 0. The molecule has 0 aliphatic carbocycles. The van der Waals surface area contributed by atoms with Crippen LogP contribution in [0.2, 0.25) is 0 Å². The van der Waals surface area contributed by atoms with Crippen molar-refractivity contribution in [1.29, 1.82) is 0 Å². The first-order chi connectivity index (χ1) is 10.3. The fourth-order valence-corrected chi connectivity index (χ4v) is 1.53. The molecule has 21 heavy (non-hydrogen) atoms. The summed E-state index contributed by atoms with van der Waals surface area (Å²) < 4.78 is 0. The topological polar surface area (TPSA) is 43.1 Å². The maximum atomic E-state index is 11.8. The minimum Gasteiger partial charge on any atom is -0.398 e. The SMILES string of the molecule is C#C.C#C.Nc1ccccc1C=CC(=O)c1ccccc1. The van der Waals surface area contributed by atoms with Crippen molar-refractivity contribution in [1.82, 2.24) is 0 Å². The molecule has 0 bridgehead atoms. The number of ketones is 1. The van der Waals surface area contributed by atoms with Crippen molar-refractivity contribution in [2.75, 3.05) is 5.73 Å². The number of carbonyl (C=O) groups is 1. The zero-order chi connectivity index (χ0) is 16.1. The highest BCUT2D eigenvalue weighted by atomic mass is 16.1. The Bertz CT molecular complexity index is 616. The average Bonchev–Trinajstić information content (AvgIpc) is 2.58.